The highest BCUT2D eigenvalue weighted by atomic mass is 35.5. The summed E-state index contributed by atoms with van der Waals surface area (Å²) in [5.74, 6) is 0.675. The maximum atomic E-state index is 12.7. The van der Waals surface area contributed by atoms with E-state index < -0.39 is 0 Å². The first-order valence-electron chi connectivity index (χ1n) is 7.66. The van der Waals surface area contributed by atoms with Crippen molar-refractivity contribution in [2.75, 3.05) is 13.7 Å². The van der Waals surface area contributed by atoms with Gasteiger partial charge in [-0.05, 0) is 48.5 Å². The Morgan fingerprint density at radius 3 is 2.96 bits per heavy atom. The van der Waals surface area contributed by atoms with Crippen molar-refractivity contribution in [3.63, 3.8) is 0 Å². The highest BCUT2D eigenvalue weighted by Gasteiger charge is 2.32. The molecule has 1 aliphatic rings. The van der Waals surface area contributed by atoms with Crippen molar-refractivity contribution in [2.45, 2.75) is 6.92 Å². The van der Waals surface area contributed by atoms with Gasteiger partial charge in [-0.15, -0.1) is 0 Å². The molecule has 0 bridgehead atoms. The second-order valence-electron chi connectivity index (χ2n) is 5.16. The average molecular weight is 374 g/mol. The number of hydrogen-bond acceptors (Lipinski definition) is 5. The minimum atomic E-state index is -0.0701. The van der Waals surface area contributed by atoms with Crippen LogP contribution in [0.1, 0.15) is 12.5 Å². The number of nitrogens with zero attached hydrogens (tertiary/aromatic N) is 3. The van der Waals surface area contributed by atoms with Crippen molar-refractivity contribution in [1.82, 2.24) is 9.88 Å². The van der Waals surface area contributed by atoms with Crippen LogP contribution >= 0.6 is 23.4 Å². The summed E-state index contributed by atoms with van der Waals surface area (Å²) in [7, 11) is 1.61. The van der Waals surface area contributed by atoms with E-state index in [1.54, 1.807) is 24.3 Å². The van der Waals surface area contributed by atoms with Gasteiger partial charge in [-0.1, -0.05) is 23.7 Å². The number of amidine groups is 1. The lowest BCUT2D eigenvalue weighted by Gasteiger charge is -2.12. The van der Waals surface area contributed by atoms with Crippen LogP contribution < -0.4 is 4.74 Å². The largest absolute Gasteiger partial charge is 0.497 e. The summed E-state index contributed by atoms with van der Waals surface area (Å²) in [6.07, 6.45) is 5.00. The Balaban J connectivity index is 1.95. The highest BCUT2D eigenvalue weighted by Crippen LogP contribution is 2.35. The second-order valence-corrected chi connectivity index (χ2v) is 6.57. The van der Waals surface area contributed by atoms with E-state index in [-0.39, 0.29) is 5.91 Å². The number of thioether (sulfide) groups is 1. The molecule has 0 N–H and O–H groups in total. The average Bonchev–Trinajstić information content (AvgIpc) is 2.91. The standard InChI is InChI=1S/C18H16ClN3O2S/c1-3-22-17(23)16(10-12-5-4-6-13(9-12)24-2)25-18(22)21-15-7-8-20-11-14(15)19/h4-11H,3H2,1-2H3/b16-10-,21-18?. The van der Waals surface area contributed by atoms with Crippen LogP contribution in [0.4, 0.5) is 5.69 Å². The summed E-state index contributed by atoms with van der Waals surface area (Å²) in [4.78, 5) is 23.4. The number of pyridine rings is 1. The number of aromatic nitrogens is 1. The van der Waals surface area contributed by atoms with Crippen LogP contribution in [0.3, 0.4) is 0 Å². The van der Waals surface area contributed by atoms with Gasteiger partial charge in [-0.2, -0.15) is 0 Å². The molecule has 1 amide bonds. The molecule has 0 radical (unpaired) electrons. The molecule has 1 aliphatic heterocycles. The molecule has 128 valence electrons. The van der Waals surface area contributed by atoms with Crippen LogP contribution in [0.2, 0.25) is 5.02 Å². The Bertz CT molecular complexity index is 867. The van der Waals surface area contributed by atoms with E-state index in [0.29, 0.717) is 27.3 Å². The van der Waals surface area contributed by atoms with Crippen molar-refractivity contribution in [1.29, 1.82) is 0 Å². The maximum Gasteiger partial charge on any atom is 0.266 e. The number of methoxy groups -OCH3 is 1. The van der Waals surface area contributed by atoms with Crippen molar-refractivity contribution in [2.24, 2.45) is 4.99 Å². The predicted molar refractivity (Wildman–Crippen MR) is 102 cm³/mol. The first kappa shape index (κ1) is 17.5. The monoisotopic (exact) mass is 373 g/mol. The molecule has 2 heterocycles. The highest BCUT2D eigenvalue weighted by molar-refractivity contribution is 8.18. The predicted octanol–water partition coefficient (Wildman–Crippen LogP) is 4.37. The molecular formula is C18H16ClN3O2S. The van der Waals surface area contributed by atoms with Gasteiger partial charge in [-0.25, -0.2) is 4.99 Å². The van der Waals surface area contributed by atoms with Crippen LogP contribution in [0.25, 0.3) is 6.08 Å². The van der Waals surface area contributed by atoms with Gasteiger partial charge in [-0.3, -0.25) is 14.7 Å². The van der Waals surface area contributed by atoms with E-state index in [1.807, 2.05) is 37.3 Å². The molecule has 0 spiro atoms. The summed E-state index contributed by atoms with van der Waals surface area (Å²) in [5, 5.41) is 1.05. The molecule has 3 rings (SSSR count). The molecule has 2 aromatic rings. The molecular weight excluding hydrogens is 358 g/mol. The molecule has 0 unspecified atom stereocenters. The summed E-state index contributed by atoms with van der Waals surface area (Å²) in [6.45, 7) is 2.44. The first-order chi connectivity index (χ1) is 12.1. The van der Waals surface area contributed by atoms with E-state index >= 15 is 0 Å². The zero-order valence-electron chi connectivity index (χ0n) is 13.8. The number of halogens is 1. The summed E-state index contributed by atoms with van der Waals surface area (Å²) >= 11 is 7.45. The third kappa shape index (κ3) is 3.86. The SMILES string of the molecule is CCN1C(=O)/C(=C/c2cccc(OC)c2)SC1=Nc1ccncc1Cl. The molecule has 0 atom stereocenters. The number of carbonyl (C=O) groups excluding carboxylic acids is 1. The Morgan fingerprint density at radius 2 is 2.24 bits per heavy atom. The first-order valence-corrected chi connectivity index (χ1v) is 8.85. The molecule has 1 saturated heterocycles. The van der Waals surface area contributed by atoms with Gasteiger partial charge >= 0.3 is 0 Å². The summed E-state index contributed by atoms with van der Waals surface area (Å²) in [5.41, 5.74) is 1.49. The van der Waals surface area contributed by atoms with Crippen LogP contribution in [-0.2, 0) is 4.79 Å². The van der Waals surface area contributed by atoms with E-state index in [2.05, 4.69) is 9.98 Å². The fourth-order valence-electron chi connectivity index (χ4n) is 2.31. The minimum absolute atomic E-state index is 0.0701. The number of carbonyl (C=O) groups is 1. The number of ether oxygens (including phenoxy) is 1. The fourth-order valence-corrected chi connectivity index (χ4v) is 3.53. The maximum absolute atomic E-state index is 12.7. The zero-order chi connectivity index (χ0) is 17.8. The summed E-state index contributed by atoms with van der Waals surface area (Å²) in [6, 6.07) is 9.28. The number of benzene rings is 1. The van der Waals surface area contributed by atoms with Crippen molar-refractivity contribution in [3.8, 4) is 5.75 Å². The van der Waals surface area contributed by atoms with E-state index in [9.17, 15) is 4.79 Å². The molecule has 0 saturated carbocycles. The number of likely N-dealkylation sites (N-methyl/N-ethyl adjacent to an activating group) is 1. The Morgan fingerprint density at radius 1 is 1.40 bits per heavy atom. The lowest BCUT2D eigenvalue weighted by molar-refractivity contribution is -0.122. The van der Waals surface area contributed by atoms with Gasteiger partial charge in [0.1, 0.15) is 5.75 Å². The summed E-state index contributed by atoms with van der Waals surface area (Å²) < 4.78 is 5.23. The molecule has 0 aliphatic carbocycles. The van der Waals surface area contributed by atoms with Gasteiger partial charge in [0.15, 0.2) is 5.17 Å². The Hall–Kier alpha value is -2.31. The van der Waals surface area contributed by atoms with Gasteiger partial charge in [0.2, 0.25) is 0 Å². The number of amides is 1. The third-order valence-electron chi connectivity index (χ3n) is 3.56. The zero-order valence-corrected chi connectivity index (χ0v) is 15.3. The molecule has 25 heavy (non-hydrogen) atoms. The number of aliphatic imine (C=N–C) groups is 1. The normalized spacial score (nSPS) is 17.6. The number of hydrogen-bond donors (Lipinski definition) is 0. The molecule has 1 fully saturated rings. The lowest BCUT2D eigenvalue weighted by atomic mass is 10.2. The Kier molecular flexibility index (Phi) is 5.40. The topological polar surface area (TPSA) is 54.8 Å². The van der Waals surface area contributed by atoms with Crippen LogP contribution in [0.5, 0.6) is 5.75 Å². The van der Waals surface area contributed by atoms with Crippen molar-refractivity contribution >= 4 is 46.2 Å². The molecule has 7 heteroatoms. The minimum Gasteiger partial charge on any atom is -0.497 e. The van der Waals surface area contributed by atoms with E-state index in [0.717, 1.165) is 11.3 Å². The van der Waals surface area contributed by atoms with Crippen molar-refractivity contribution < 1.29 is 9.53 Å². The van der Waals surface area contributed by atoms with Gasteiger partial charge in [0, 0.05) is 18.9 Å². The Labute approximate surface area is 155 Å². The van der Waals surface area contributed by atoms with Crippen LogP contribution in [0, 0.1) is 0 Å². The quantitative estimate of drug-likeness (QED) is 0.747. The van der Waals surface area contributed by atoms with E-state index in [1.165, 1.54) is 18.0 Å². The molecule has 1 aromatic carbocycles. The van der Waals surface area contributed by atoms with E-state index in [4.69, 9.17) is 16.3 Å². The lowest BCUT2D eigenvalue weighted by Crippen LogP contribution is -2.28. The molecule has 1 aromatic heterocycles. The molecule has 5 nitrogen and oxygen atoms in total. The van der Waals surface area contributed by atoms with Crippen molar-refractivity contribution in [3.05, 3.63) is 58.2 Å². The second kappa shape index (κ2) is 7.72. The van der Waals surface area contributed by atoms with Gasteiger partial charge in [0.25, 0.3) is 5.91 Å². The fraction of sp³-hybridized carbons (Fsp3) is 0.167. The van der Waals surface area contributed by atoms with Gasteiger partial charge in [0.05, 0.1) is 22.7 Å². The number of rotatable bonds is 4. The van der Waals surface area contributed by atoms with Crippen LogP contribution in [-0.4, -0.2) is 34.6 Å². The smallest absolute Gasteiger partial charge is 0.266 e. The van der Waals surface area contributed by atoms with Gasteiger partial charge < -0.3 is 4.74 Å². The third-order valence-corrected chi connectivity index (χ3v) is 4.86. The van der Waals surface area contributed by atoms with Crippen LogP contribution in [0.15, 0.2) is 52.6 Å².